The van der Waals surface area contributed by atoms with E-state index >= 15 is 0 Å². The van der Waals surface area contributed by atoms with Crippen LogP contribution in [0.1, 0.15) is 27.7 Å². The Kier molecular flexibility index (Phi) is 4.60. The van der Waals surface area contributed by atoms with Crippen molar-refractivity contribution < 1.29 is 10.2 Å². The molecular formula is C13H24N2O2. The smallest absolute Gasteiger partial charge is 0.114 e. The Labute approximate surface area is 103 Å². The Bertz CT molecular complexity index is 316. The Morgan fingerprint density at radius 3 is 2.59 bits per heavy atom. The van der Waals surface area contributed by atoms with Gasteiger partial charge in [-0.25, -0.2) is 0 Å². The van der Waals surface area contributed by atoms with E-state index in [0.717, 1.165) is 12.2 Å². The summed E-state index contributed by atoms with van der Waals surface area (Å²) in [5.41, 5.74) is 0.955. The van der Waals surface area contributed by atoms with E-state index in [1.807, 2.05) is 6.92 Å². The van der Waals surface area contributed by atoms with Crippen molar-refractivity contribution in [1.82, 2.24) is 10.6 Å². The van der Waals surface area contributed by atoms with Crippen molar-refractivity contribution in [3.63, 3.8) is 0 Å². The molecule has 2 atom stereocenters. The van der Waals surface area contributed by atoms with Gasteiger partial charge in [0, 0.05) is 18.8 Å². The van der Waals surface area contributed by atoms with E-state index in [1.54, 1.807) is 12.2 Å². The number of hydrogen-bond acceptors (Lipinski definition) is 4. The first-order valence-corrected chi connectivity index (χ1v) is 6.05. The summed E-state index contributed by atoms with van der Waals surface area (Å²) in [5, 5.41) is 25.7. The Balaban J connectivity index is 2.41. The molecule has 4 heteroatoms. The molecule has 2 unspecified atom stereocenters. The molecule has 1 aliphatic heterocycles. The fourth-order valence-corrected chi connectivity index (χ4v) is 1.59. The summed E-state index contributed by atoms with van der Waals surface area (Å²) < 4.78 is 0. The van der Waals surface area contributed by atoms with Crippen molar-refractivity contribution in [3.05, 3.63) is 23.6 Å². The molecule has 0 saturated carbocycles. The third kappa shape index (κ3) is 4.79. The van der Waals surface area contributed by atoms with Crippen LogP contribution in [0.5, 0.6) is 0 Å². The number of allylic oxidation sites excluding steroid dienone is 2. The average molecular weight is 240 g/mol. The predicted octanol–water partition coefficient (Wildman–Crippen LogP) is 1.30. The van der Waals surface area contributed by atoms with E-state index in [0.29, 0.717) is 12.3 Å². The highest BCUT2D eigenvalue weighted by atomic mass is 16.3. The molecule has 0 fully saturated rings. The van der Waals surface area contributed by atoms with E-state index in [9.17, 15) is 10.2 Å². The van der Waals surface area contributed by atoms with Crippen LogP contribution in [-0.2, 0) is 0 Å². The van der Waals surface area contributed by atoms with E-state index in [4.69, 9.17) is 0 Å². The van der Waals surface area contributed by atoms with Gasteiger partial charge < -0.3 is 20.8 Å². The molecule has 0 aromatic rings. The van der Waals surface area contributed by atoms with E-state index in [2.05, 4.69) is 31.4 Å². The Morgan fingerprint density at radius 1 is 1.41 bits per heavy atom. The van der Waals surface area contributed by atoms with Gasteiger partial charge in [-0.2, -0.15) is 0 Å². The van der Waals surface area contributed by atoms with Gasteiger partial charge >= 0.3 is 0 Å². The van der Waals surface area contributed by atoms with Crippen LogP contribution in [0, 0.1) is 5.41 Å². The molecule has 0 aliphatic carbocycles. The normalized spacial score (nSPS) is 22.5. The first kappa shape index (κ1) is 14.1. The van der Waals surface area contributed by atoms with Crippen LogP contribution < -0.4 is 10.6 Å². The molecule has 0 spiro atoms. The fourth-order valence-electron chi connectivity index (χ4n) is 1.59. The van der Waals surface area contributed by atoms with Gasteiger partial charge in [-0.15, -0.1) is 0 Å². The maximum absolute atomic E-state index is 9.97. The van der Waals surface area contributed by atoms with Crippen LogP contribution in [0.4, 0.5) is 0 Å². The number of rotatable bonds is 4. The van der Waals surface area contributed by atoms with Gasteiger partial charge in [-0.3, -0.25) is 0 Å². The molecule has 98 valence electrons. The van der Waals surface area contributed by atoms with Crippen molar-refractivity contribution in [2.75, 3.05) is 13.1 Å². The maximum Gasteiger partial charge on any atom is 0.114 e. The monoisotopic (exact) mass is 240 g/mol. The van der Waals surface area contributed by atoms with Crippen molar-refractivity contribution >= 4 is 0 Å². The zero-order valence-electron chi connectivity index (χ0n) is 11.1. The minimum absolute atomic E-state index is 0.132. The molecule has 0 aromatic carbocycles. The van der Waals surface area contributed by atoms with Gasteiger partial charge in [-0.05, 0) is 24.5 Å². The minimum atomic E-state index is -0.566. The average Bonchev–Trinajstić information content (AvgIpc) is 2.20. The molecule has 0 bridgehead atoms. The minimum Gasteiger partial charge on any atom is -0.510 e. The molecule has 1 heterocycles. The molecule has 1 aliphatic rings. The Morgan fingerprint density at radius 2 is 2.06 bits per heavy atom. The van der Waals surface area contributed by atoms with Gasteiger partial charge in [0.1, 0.15) is 11.9 Å². The summed E-state index contributed by atoms with van der Waals surface area (Å²) in [4.78, 5) is 0. The largest absolute Gasteiger partial charge is 0.510 e. The molecule has 17 heavy (non-hydrogen) atoms. The van der Waals surface area contributed by atoms with Crippen LogP contribution in [-0.4, -0.2) is 35.4 Å². The summed E-state index contributed by atoms with van der Waals surface area (Å²) in [7, 11) is 0. The summed E-state index contributed by atoms with van der Waals surface area (Å²) in [6, 6.07) is -0.132. The second kappa shape index (κ2) is 5.56. The second-order valence-corrected chi connectivity index (χ2v) is 5.79. The summed E-state index contributed by atoms with van der Waals surface area (Å²) >= 11 is 0. The SMILES string of the molecule is CC1NC(C(O)CNCC(C)(C)C)=CC=C1O. The summed E-state index contributed by atoms with van der Waals surface area (Å²) in [6.07, 6.45) is 2.78. The van der Waals surface area contributed by atoms with Crippen LogP contribution in [0.15, 0.2) is 23.6 Å². The number of aliphatic hydroxyl groups is 2. The molecule has 0 saturated heterocycles. The zero-order chi connectivity index (χ0) is 13.1. The van der Waals surface area contributed by atoms with Crippen LogP contribution in [0.2, 0.25) is 0 Å². The summed E-state index contributed by atoms with van der Waals surface area (Å²) in [6.45, 7) is 9.66. The first-order valence-electron chi connectivity index (χ1n) is 6.05. The van der Waals surface area contributed by atoms with Crippen molar-refractivity contribution in [3.8, 4) is 0 Å². The lowest BCUT2D eigenvalue weighted by Gasteiger charge is -2.26. The lowest BCUT2D eigenvalue weighted by Crippen LogP contribution is -2.40. The molecule has 4 nitrogen and oxygen atoms in total. The van der Waals surface area contributed by atoms with Crippen LogP contribution >= 0.6 is 0 Å². The van der Waals surface area contributed by atoms with E-state index in [-0.39, 0.29) is 11.5 Å². The van der Waals surface area contributed by atoms with E-state index < -0.39 is 6.10 Å². The number of dihydropyridines is 1. The van der Waals surface area contributed by atoms with Gasteiger partial charge in [0.15, 0.2) is 0 Å². The highest BCUT2D eigenvalue weighted by Crippen LogP contribution is 2.12. The molecule has 1 rings (SSSR count). The van der Waals surface area contributed by atoms with Gasteiger partial charge in [0.2, 0.25) is 0 Å². The predicted molar refractivity (Wildman–Crippen MR) is 69.7 cm³/mol. The lowest BCUT2D eigenvalue weighted by atomic mass is 9.97. The lowest BCUT2D eigenvalue weighted by molar-refractivity contribution is 0.188. The molecular weight excluding hydrogens is 216 g/mol. The topological polar surface area (TPSA) is 64.5 Å². The molecule has 4 N–H and O–H groups in total. The second-order valence-electron chi connectivity index (χ2n) is 5.79. The van der Waals surface area contributed by atoms with Crippen LogP contribution in [0.3, 0.4) is 0 Å². The van der Waals surface area contributed by atoms with Gasteiger partial charge in [0.25, 0.3) is 0 Å². The maximum atomic E-state index is 9.97. The summed E-state index contributed by atoms with van der Waals surface area (Å²) in [5.74, 6) is 0.295. The Hall–Kier alpha value is -1.00. The van der Waals surface area contributed by atoms with Gasteiger partial charge in [0.05, 0.1) is 6.04 Å². The molecule has 0 amide bonds. The standard InChI is InChI=1S/C13H24N2O2/c1-9-11(16)6-5-10(15-9)12(17)7-14-8-13(2,3)4/h5-6,9,12,14-17H,7-8H2,1-4H3. The van der Waals surface area contributed by atoms with E-state index in [1.165, 1.54) is 0 Å². The van der Waals surface area contributed by atoms with Gasteiger partial charge in [-0.1, -0.05) is 20.8 Å². The first-order chi connectivity index (χ1) is 7.79. The number of hydrogen-bond donors (Lipinski definition) is 4. The van der Waals surface area contributed by atoms with Crippen LogP contribution in [0.25, 0.3) is 0 Å². The third-order valence-corrected chi connectivity index (χ3v) is 2.61. The van der Waals surface area contributed by atoms with Crippen molar-refractivity contribution in [2.24, 2.45) is 5.41 Å². The zero-order valence-corrected chi connectivity index (χ0v) is 11.1. The molecule has 0 radical (unpaired) electrons. The quantitative estimate of drug-likeness (QED) is 0.598. The van der Waals surface area contributed by atoms with Crippen molar-refractivity contribution in [1.29, 1.82) is 0 Å². The number of nitrogens with one attached hydrogen (secondary N) is 2. The third-order valence-electron chi connectivity index (χ3n) is 2.61. The highest BCUT2D eigenvalue weighted by Gasteiger charge is 2.18. The van der Waals surface area contributed by atoms with Crippen molar-refractivity contribution in [2.45, 2.75) is 39.8 Å². The number of aliphatic hydroxyl groups excluding tert-OH is 2. The molecule has 0 aromatic heterocycles. The highest BCUT2D eigenvalue weighted by molar-refractivity contribution is 5.25. The fraction of sp³-hybridized carbons (Fsp3) is 0.692.